The third-order valence-electron chi connectivity index (χ3n) is 3.20. The lowest BCUT2D eigenvalue weighted by atomic mass is 10.1. The Morgan fingerprint density at radius 2 is 2.23 bits per heavy atom. The van der Waals surface area contributed by atoms with Gasteiger partial charge >= 0.3 is 0 Å². The van der Waals surface area contributed by atoms with Gasteiger partial charge in [-0.1, -0.05) is 11.6 Å². The molecule has 0 N–H and O–H groups in total. The Labute approximate surface area is 136 Å². The number of thiazole rings is 1. The number of halogens is 1. The van der Waals surface area contributed by atoms with Gasteiger partial charge in [-0.05, 0) is 17.7 Å². The van der Waals surface area contributed by atoms with E-state index < -0.39 is 0 Å². The summed E-state index contributed by atoms with van der Waals surface area (Å²) >= 11 is 7.64. The minimum Gasteiger partial charge on any atom is -0.489 e. The number of carbonyl (C=O) groups is 1. The summed E-state index contributed by atoms with van der Waals surface area (Å²) in [6.07, 6.45) is 2.85. The minimum absolute atomic E-state index is 0.175. The molecule has 1 aromatic heterocycles. The predicted octanol–water partition coefficient (Wildman–Crippen LogP) is 2.57. The second-order valence-electron chi connectivity index (χ2n) is 4.93. The first-order valence-electron chi connectivity index (χ1n) is 6.89. The number of rotatable bonds is 2. The first-order chi connectivity index (χ1) is 10.6. The Morgan fingerprint density at radius 1 is 1.41 bits per heavy atom. The molecule has 1 aliphatic rings. The fourth-order valence-electron chi connectivity index (χ4n) is 2.14. The molecule has 0 bridgehead atoms. The molecule has 0 unspecified atom stereocenters. The van der Waals surface area contributed by atoms with Gasteiger partial charge in [0.15, 0.2) is 16.3 Å². The van der Waals surface area contributed by atoms with Crippen LogP contribution in [0.25, 0.3) is 0 Å². The van der Waals surface area contributed by atoms with E-state index in [2.05, 4.69) is 4.99 Å². The first kappa shape index (κ1) is 15.1. The van der Waals surface area contributed by atoms with Gasteiger partial charge in [-0.2, -0.15) is 4.99 Å². The van der Waals surface area contributed by atoms with Crippen molar-refractivity contribution in [1.29, 1.82) is 0 Å². The molecule has 22 heavy (non-hydrogen) atoms. The van der Waals surface area contributed by atoms with Crippen molar-refractivity contribution in [2.75, 3.05) is 13.2 Å². The van der Waals surface area contributed by atoms with Gasteiger partial charge in [-0.3, -0.25) is 4.79 Å². The highest BCUT2D eigenvalue weighted by molar-refractivity contribution is 7.07. The average Bonchev–Trinajstić information content (AvgIpc) is 2.74. The smallest absolute Gasteiger partial charge is 0.252 e. The number of hydrogen-bond acceptors (Lipinski definition) is 4. The molecular weight excluding hydrogens is 324 g/mol. The highest BCUT2D eigenvalue weighted by Crippen LogP contribution is 2.38. The third kappa shape index (κ3) is 3.34. The molecule has 0 radical (unpaired) electrons. The van der Waals surface area contributed by atoms with Gasteiger partial charge in [0, 0.05) is 25.0 Å². The van der Waals surface area contributed by atoms with E-state index in [9.17, 15) is 4.79 Å². The van der Waals surface area contributed by atoms with E-state index in [4.69, 9.17) is 21.1 Å². The molecule has 0 atom stereocenters. The molecule has 1 amide bonds. The van der Waals surface area contributed by atoms with E-state index in [1.165, 1.54) is 11.3 Å². The minimum atomic E-state index is -0.219. The fraction of sp³-hybridized carbons (Fsp3) is 0.333. The van der Waals surface area contributed by atoms with E-state index in [1.807, 2.05) is 23.2 Å². The molecule has 3 rings (SSSR count). The van der Waals surface area contributed by atoms with Crippen LogP contribution < -0.4 is 14.3 Å². The maximum atomic E-state index is 12.1. The van der Waals surface area contributed by atoms with Crippen molar-refractivity contribution in [2.45, 2.75) is 12.8 Å². The number of nitrogens with zero attached hydrogens (tertiary/aromatic N) is 2. The molecule has 0 aliphatic carbocycles. The van der Waals surface area contributed by atoms with Crippen LogP contribution in [0.3, 0.4) is 0 Å². The van der Waals surface area contributed by atoms with Crippen LogP contribution in [-0.2, 0) is 18.3 Å². The lowest BCUT2D eigenvalue weighted by Gasteiger charge is -2.10. The van der Waals surface area contributed by atoms with Crippen LogP contribution in [0, 0.1) is 0 Å². The van der Waals surface area contributed by atoms with Crippen molar-refractivity contribution < 1.29 is 14.3 Å². The van der Waals surface area contributed by atoms with E-state index in [-0.39, 0.29) is 12.3 Å². The largest absolute Gasteiger partial charge is 0.489 e. The van der Waals surface area contributed by atoms with Crippen molar-refractivity contribution in [1.82, 2.24) is 4.57 Å². The van der Waals surface area contributed by atoms with Crippen LogP contribution in [0.15, 0.2) is 28.7 Å². The zero-order chi connectivity index (χ0) is 15.5. The number of carbonyl (C=O) groups excluding carboxylic acids is 1. The van der Waals surface area contributed by atoms with Gasteiger partial charge in [0.2, 0.25) is 0 Å². The van der Waals surface area contributed by atoms with Crippen molar-refractivity contribution in [2.24, 2.45) is 12.0 Å². The Bertz CT molecular complexity index is 766. The predicted molar refractivity (Wildman–Crippen MR) is 84.6 cm³/mol. The van der Waals surface area contributed by atoms with Crippen molar-refractivity contribution in [3.8, 4) is 11.5 Å². The van der Waals surface area contributed by atoms with E-state index in [0.717, 1.165) is 12.0 Å². The summed E-state index contributed by atoms with van der Waals surface area (Å²) in [5.41, 5.74) is 0.766. The number of aromatic nitrogens is 1. The quantitative estimate of drug-likeness (QED) is 0.845. The Morgan fingerprint density at radius 3 is 3.00 bits per heavy atom. The topological polar surface area (TPSA) is 52.8 Å². The van der Waals surface area contributed by atoms with E-state index >= 15 is 0 Å². The number of aryl methyl sites for hydroxylation is 1. The Hall–Kier alpha value is -1.79. The SMILES string of the molecule is Cn1ccsc1=NC(=O)Cc1cc(Cl)c2c(c1)OCCCO2. The van der Waals surface area contributed by atoms with Crippen LogP contribution >= 0.6 is 22.9 Å². The number of benzene rings is 1. The molecule has 2 aromatic rings. The molecule has 0 saturated heterocycles. The maximum absolute atomic E-state index is 12.1. The molecule has 116 valence electrons. The molecule has 1 aromatic carbocycles. The average molecular weight is 339 g/mol. The number of hydrogen-bond donors (Lipinski definition) is 0. The summed E-state index contributed by atoms with van der Waals surface area (Å²) in [5.74, 6) is 0.926. The maximum Gasteiger partial charge on any atom is 0.252 e. The molecule has 2 heterocycles. The van der Waals surface area contributed by atoms with E-state index in [1.54, 1.807) is 12.1 Å². The lowest BCUT2D eigenvalue weighted by molar-refractivity contribution is -0.117. The molecule has 7 heteroatoms. The fourth-order valence-corrected chi connectivity index (χ4v) is 3.18. The standard InChI is InChI=1S/C15H15ClN2O3S/c1-18-3-6-22-15(18)17-13(19)9-10-7-11(16)14-12(8-10)20-4-2-5-21-14/h3,6-8H,2,4-5,9H2,1H3. The van der Waals surface area contributed by atoms with Gasteiger partial charge in [0.1, 0.15) is 0 Å². The van der Waals surface area contributed by atoms with Crippen LogP contribution in [0.5, 0.6) is 11.5 Å². The summed E-state index contributed by atoms with van der Waals surface area (Å²) in [6, 6.07) is 3.53. The van der Waals surface area contributed by atoms with Crippen molar-refractivity contribution in [3.63, 3.8) is 0 Å². The molecule has 1 aliphatic heterocycles. The zero-order valence-electron chi connectivity index (χ0n) is 12.0. The van der Waals surface area contributed by atoms with Gasteiger partial charge in [0.05, 0.1) is 24.7 Å². The molecule has 0 spiro atoms. The normalized spacial score (nSPS) is 14.7. The Balaban J connectivity index is 1.84. The zero-order valence-corrected chi connectivity index (χ0v) is 13.6. The van der Waals surface area contributed by atoms with E-state index in [0.29, 0.717) is 34.5 Å². The van der Waals surface area contributed by atoms with Gasteiger partial charge < -0.3 is 14.0 Å². The second kappa shape index (κ2) is 6.54. The van der Waals surface area contributed by atoms with Gasteiger partial charge in [0.25, 0.3) is 5.91 Å². The number of fused-ring (bicyclic) bond motifs is 1. The number of ether oxygens (including phenoxy) is 2. The Kier molecular flexibility index (Phi) is 4.49. The molecule has 0 saturated carbocycles. The summed E-state index contributed by atoms with van der Waals surface area (Å²) in [5, 5.41) is 2.35. The highest BCUT2D eigenvalue weighted by atomic mass is 35.5. The molecule has 0 fully saturated rings. The first-order valence-corrected chi connectivity index (χ1v) is 8.15. The number of amides is 1. The summed E-state index contributed by atoms with van der Waals surface area (Å²) in [7, 11) is 1.85. The third-order valence-corrected chi connectivity index (χ3v) is 4.33. The summed E-state index contributed by atoms with van der Waals surface area (Å²) < 4.78 is 13.0. The van der Waals surface area contributed by atoms with Crippen molar-refractivity contribution >= 4 is 28.8 Å². The van der Waals surface area contributed by atoms with Gasteiger partial charge in [-0.25, -0.2) is 0 Å². The molecule has 5 nitrogen and oxygen atoms in total. The van der Waals surface area contributed by atoms with Crippen LogP contribution in [0.4, 0.5) is 0 Å². The van der Waals surface area contributed by atoms with Crippen molar-refractivity contribution in [3.05, 3.63) is 39.1 Å². The van der Waals surface area contributed by atoms with Crippen LogP contribution in [0.2, 0.25) is 5.02 Å². The van der Waals surface area contributed by atoms with Crippen LogP contribution in [-0.4, -0.2) is 23.7 Å². The summed E-state index contributed by atoms with van der Waals surface area (Å²) in [4.78, 5) is 16.9. The van der Waals surface area contributed by atoms with Crippen LogP contribution in [0.1, 0.15) is 12.0 Å². The summed E-state index contributed by atoms with van der Waals surface area (Å²) in [6.45, 7) is 1.16. The highest BCUT2D eigenvalue weighted by Gasteiger charge is 2.16. The lowest BCUT2D eigenvalue weighted by Crippen LogP contribution is -2.13. The monoisotopic (exact) mass is 338 g/mol. The van der Waals surface area contributed by atoms with Gasteiger partial charge in [-0.15, -0.1) is 11.3 Å². The molecular formula is C15H15ClN2O3S. The second-order valence-corrected chi connectivity index (χ2v) is 6.21.